The van der Waals surface area contributed by atoms with Gasteiger partial charge >= 0.3 is 0 Å². The minimum Gasteiger partial charge on any atom is -0.494 e. The van der Waals surface area contributed by atoms with E-state index in [1.54, 1.807) is 55.6 Å². The van der Waals surface area contributed by atoms with E-state index < -0.39 is 11.9 Å². The van der Waals surface area contributed by atoms with E-state index in [-0.39, 0.29) is 37.4 Å². The lowest BCUT2D eigenvalue weighted by Crippen LogP contribution is -2.49. The number of carbonyl (C=O) groups is 3. The number of fused-ring (bicyclic) bond motifs is 5. The number of hydrogen-bond acceptors (Lipinski definition) is 7. The molecule has 1 aliphatic rings. The van der Waals surface area contributed by atoms with Crippen molar-refractivity contribution in [3.63, 3.8) is 0 Å². The number of rotatable bonds is 7. The summed E-state index contributed by atoms with van der Waals surface area (Å²) in [6, 6.07) is 11.7. The highest BCUT2D eigenvalue weighted by atomic mass is 16.5. The topological polar surface area (TPSA) is 119 Å². The normalized spacial score (nSPS) is 15.7. The minimum absolute atomic E-state index is 0.156. The Morgan fingerprint density at radius 2 is 1.79 bits per heavy atom. The Balaban J connectivity index is 1.80. The maximum atomic E-state index is 13.8. The quantitative estimate of drug-likeness (QED) is 0.437. The lowest BCUT2D eigenvalue weighted by atomic mass is 10.00. The molecule has 4 rings (SSSR count). The van der Waals surface area contributed by atoms with Gasteiger partial charge in [-0.3, -0.25) is 19.4 Å². The molecular weight excluding hydrogens is 536 g/mol. The summed E-state index contributed by atoms with van der Waals surface area (Å²) >= 11 is 0. The zero-order valence-electron chi connectivity index (χ0n) is 24.7. The second-order valence-electron chi connectivity index (χ2n) is 10.5. The number of nitrogens with one attached hydrogen (secondary N) is 2. The van der Waals surface area contributed by atoms with E-state index in [1.165, 1.54) is 6.20 Å². The Kier molecular flexibility index (Phi) is 10.0. The summed E-state index contributed by atoms with van der Waals surface area (Å²) in [6.45, 7) is 7.06. The SMILES string of the molecule is CCOc1ccc(C(=O)N2CCNC(=O)[C@@H](CC(C)C)NC(=O)c3cncc(c3)-c3cc(cc(OC)c3OC)C2)cc1. The highest BCUT2D eigenvalue weighted by Gasteiger charge is 2.25. The van der Waals surface area contributed by atoms with Crippen LogP contribution in [0.25, 0.3) is 11.1 Å². The molecular formula is C32H38N4O6. The molecule has 0 saturated carbocycles. The number of methoxy groups -OCH3 is 2. The zero-order chi connectivity index (χ0) is 30.2. The summed E-state index contributed by atoms with van der Waals surface area (Å²) in [5.41, 5.74) is 2.86. The monoisotopic (exact) mass is 574 g/mol. The van der Waals surface area contributed by atoms with E-state index in [2.05, 4.69) is 15.6 Å². The summed E-state index contributed by atoms with van der Waals surface area (Å²) < 4.78 is 16.9. The Morgan fingerprint density at radius 3 is 2.45 bits per heavy atom. The van der Waals surface area contributed by atoms with Crippen LogP contribution in [0.2, 0.25) is 0 Å². The number of benzene rings is 2. The molecule has 222 valence electrons. The molecule has 2 heterocycles. The third kappa shape index (κ3) is 7.18. The molecule has 4 bridgehead atoms. The lowest BCUT2D eigenvalue weighted by Gasteiger charge is -2.25. The Morgan fingerprint density at radius 1 is 1.05 bits per heavy atom. The van der Waals surface area contributed by atoms with Gasteiger partial charge in [-0.15, -0.1) is 0 Å². The smallest absolute Gasteiger partial charge is 0.254 e. The van der Waals surface area contributed by atoms with Crippen molar-refractivity contribution in [1.29, 1.82) is 0 Å². The van der Waals surface area contributed by atoms with E-state index in [9.17, 15) is 14.4 Å². The van der Waals surface area contributed by atoms with Crippen molar-refractivity contribution in [2.75, 3.05) is 33.9 Å². The predicted octanol–water partition coefficient (Wildman–Crippen LogP) is 4.08. The molecule has 2 N–H and O–H groups in total. The van der Waals surface area contributed by atoms with Crippen LogP contribution in [0.4, 0.5) is 0 Å². The number of hydrogen-bond donors (Lipinski definition) is 2. The molecule has 0 radical (unpaired) electrons. The van der Waals surface area contributed by atoms with E-state index in [4.69, 9.17) is 14.2 Å². The molecule has 1 aromatic heterocycles. The van der Waals surface area contributed by atoms with E-state index in [1.807, 2.05) is 32.9 Å². The average molecular weight is 575 g/mol. The fourth-order valence-electron chi connectivity index (χ4n) is 4.94. The van der Waals surface area contributed by atoms with Crippen molar-refractivity contribution >= 4 is 17.7 Å². The molecule has 10 nitrogen and oxygen atoms in total. The molecule has 1 atom stereocenters. The van der Waals surface area contributed by atoms with Gasteiger partial charge in [-0.1, -0.05) is 13.8 Å². The number of carbonyl (C=O) groups excluding carboxylic acids is 3. The largest absolute Gasteiger partial charge is 0.494 e. The van der Waals surface area contributed by atoms with Crippen LogP contribution in [0.15, 0.2) is 54.9 Å². The second-order valence-corrected chi connectivity index (χ2v) is 10.5. The van der Waals surface area contributed by atoms with Gasteiger partial charge in [-0.05, 0) is 67.3 Å². The summed E-state index contributed by atoms with van der Waals surface area (Å²) in [4.78, 5) is 46.2. The highest BCUT2D eigenvalue weighted by Crippen LogP contribution is 2.39. The number of pyridine rings is 1. The maximum absolute atomic E-state index is 13.8. The Hall–Kier alpha value is -4.60. The van der Waals surface area contributed by atoms with Crippen LogP contribution in [0.3, 0.4) is 0 Å². The molecule has 1 aliphatic heterocycles. The number of ether oxygens (including phenoxy) is 3. The van der Waals surface area contributed by atoms with E-state index >= 15 is 0 Å². The summed E-state index contributed by atoms with van der Waals surface area (Å²) in [7, 11) is 3.09. The number of amides is 3. The second kappa shape index (κ2) is 13.8. The molecule has 42 heavy (non-hydrogen) atoms. The van der Waals surface area contributed by atoms with Gasteiger partial charge in [0, 0.05) is 48.7 Å². The van der Waals surface area contributed by atoms with Gasteiger partial charge in [-0.2, -0.15) is 0 Å². The molecule has 10 heteroatoms. The number of aromatic nitrogens is 1. The first-order chi connectivity index (χ1) is 20.2. The van der Waals surface area contributed by atoms with Crippen LogP contribution in [0.5, 0.6) is 17.2 Å². The fourth-order valence-corrected chi connectivity index (χ4v) is 4.94. The summed E-state index contributed by atoms with van der Waals surface area (Å²) in [5.74, 6) is 0.860. The van der Waals surface area contributed by atoms with Gasteiger partial charge in [0.2, 0.25) is 5.91 Å². The molecule has 0 fully saturated rings. The number of nitrogens with zero attached hydrogens (tertiary/aromatic N) is 2. The van der Waals surface area contributed by atoms with Crippen molar-refractivity contribution in [2.45, 2.75) is 39.8 Å². The predicted molar refractivity (Wildman–Crippen MR) is 159 cm³/mol. The highest BCUT2D eigenvalue weighted by molar-refractivity contribution is 5.98. The van der Waals surface area contributed by atoms with Gasteiger partial charge in [0.15, 0.2) is 11.5 Å². The molecule has 3 amide bonds. The minimum atomic E-state index is -0.753. The van der Waals surface area contributed by atoms with Crippen molar-refractivity contribution in [3.8, 4) is 28.4 Å². The zero-order valence-corrected chi connectivity index (χ0v) is 24.7. The van der Waals surface area contributed by atoms with E-state index in [0.29, 0.717) is 52.5 Å². The molecule has 0 saturated heterocycles. The van der Waals surface area contributed by atoms with E-state index in [0.717, 1.165) is 5.56 Å². The van der Waals surface area contributed by atoms with Gasteiger partial charge < -0.3 is 29.7 Å². The van der Waals surface area contributed by atoms with Crippen LogP contribution < -0.4 is 24.8 Å². The first kappa shape index (κ1) is 30.4. The first-order valence-corrected chi connectivity index (χ1v) is 14.0. The lowest BCUT2D eigenvalue weighted by molar-refractivity contribution is -0.123. The fraction of sp³-hybridized carbons (Fsp3) is 0.375. The van der Waals surface area contributed by atoms with Crippen LogP contribution in [0, 0.1) is 5.92 Å². The summed E-state index contributed by atoms with van der Waals surface area (Å²) in [5, 5.41) is 5.79. The third-order valence-electron chi connectivity index (χ3n) is 6.93. The Labute approximate surface area is 246 Å². The van der Waals surface area contributed by atoms with Crippen LogP contribution in [0.1, 0.15) is 53.5 Å². The van der Waals surface area contributed by atoms with Gasteiger partial charge in [0.25, 0.3) is 11.8 Å². The average Bonchev–Trinajstić information content (AvgIpc) is 2.99. The van der Waals surface area contributed by atoms with Crippen LogP contribution >= 0.6 is 0 Å². The van der Waals surface area contributed by atoms with Crippen LogP contribution in [-0.2, 0) is 11.3 Å². The van der Waals surface area contributed by atoms with Crippen LogP contribution in [-0.4, -0.2) is 67.6 Å². The summed E-state index contributed by atoms with van der Waals surface area (Å²) in [6.07, 6.45) is 3.55. The third-order valence-corrected chi connectivity index (χ3v) is 6.93. The van der Waals surface area contributed by atoms with Gasteiger partial charge in [0.05, 0.1) is 26.4 Å². The Bertz CT molecular complexity index is 1420. The van der Waals surface area contributed by atoms with Crippen molar-refractivity contribution < 1.29 is 28.6 Å². The molecule has 0 aliphatic carbocycles. The molecule has 0 spiro atoms. The van der Waals surface area contributed by atoms with Gasteiger partial charge in [0.1, 0.15) is 11.8 Å². The van der Waals surface area contributed by atoms with Crippen molar-refractivity contribution in [3.05, 3.63) is 71.5 Å². The van der Waals surface area contributed by atoms with Crippen molar-refractivity contribution in [1.82, 2.24) is 20.5 Å². The molecule has 3 aromatic rings. The maximum Gasteiger partial charge on any atom is 0.254 e. The first-order valence-electron chi connectivity index (χ1n) is 14.0. The standard InChI is InChI=1S/C32H38N4O6/c1-6-42-25-9-7-22(8-10-25)32(39)36-12-11-34-31(38)27(13-20(2)3)35-30(37)24-16-23(17-33-18-24)26-14-21(19-36)15-28(40-4)29(26)41-5/h7-10,14-18,20,27H,6,11-13,19H2,1-5H3,(H,34,38)(H,35,37)/t27-/m1/s1. The van der Waals surface area contributed by atoms with Gasteiger partial charge in [-0.25, -0.2) is 0 Å². The molecule has 2 aromatic carbocycles. The van der Waals surface area contributed by atoms with Crippen molar-refractivity contribution in [2.24, 2.45) is 5.92 Å². The molecule has 0 unspecified atom stereocenters.